The maximum Gasteiger partial charge on any atom is 0.0439 e. The van der Waals surface area contributed by atoms with E-state index in [1.54, 1.807) is 0 Å². The summed E-state index contributed by atoms with van der Waals surface area (Å²) in [6.45, 7) is 8.12. The zero-order chi connectivity index (χ0) is 13.9. The predicted molar refractivity (Wildman–Crippen MR) is 83.7 cm³/mol. The van der Waals surface area contributed by atoms with Crippen molar-refractivity contribution in [3.05, 3.63) is 34.9 Å². The SMILES string of the molecule is CC(C)(C)CC1(c2ccc(Cl)cc2)CCCCCN1. The summed E-state index contributed by atoms with van der Waals surface area (Å²) in [6.07, 6.45) is 6.34. The molecule has 106 valence electrons. The van der Waals surface area contributed by atoms with Crippen molar-refractivity contribution in [3.8, 4) is 0 Å². The lowest BCUT2D eigenvalue weighted by Crippen LogP contribution is -2.44. The van der Waals surface area contributed by atoms with Crippen LogP contribution in [0.1, 0.15) is 58.4 Å². The van der Waals surface area contributed by atoms with Crippen LogP contribution in [0.3, 0.4) is 0 Å². The summed E-state index contributed by atoms with van der Waals surface area (Å²) in [5, 5.41) is 4.67. The lowest BCUT2D eigenvalue weighted by atomic mass is 9.73. The molecule has 1 N–H and O–H groups in total. The molecule has 1 heterocycles. The highest BCUT2D eigenvalue weighted by atomic mass is 35.5. The molecule has 0 bridgehead atoms. The lowest BCUT2D eigenvalue weighted by molar-refractivity contribution is 0.202. The van der Waals surface area contributed by atoms with E-state index in [1.165, 1.54) is 37.7 Å². The fraction of sp³-hybridized carbons (Fsp3) is 0.647. The van der Waals surface area contributed by atoms with Crippen LogP contribution in [0.15, 0.2) is 24.3 Å². The molecule has 0 spiro atoms. The fourth-order valence-corrected chi connectivity index (χ4v) is 3.44. The van der Waals surface area contributed by atoms with E-state index >= 15 is 0 Å². The van der Waals surface area contributed by atoms with Crippen LogP contribution >= 0.6 is 11.6 Å². The van der Waals surface area contributed by atoms with Crippen molar-refractivity contribution in [1.29, 1.82) is 0 Å². The first kappa shape index (κ1) is 14.9. The topological polar surface area (TPSA) is 12.0 Å². The number of halogens is 1. The van der Waals surface area contributed by atoms with Gasteiger partial charge in [0.2, 0.25) is 0 Å². The molecule has 2 rings (SSSR count). The maximum atomic E-state index is 6.04. The van der Waals surface area contributed by atoms with Crippen LogP contribution in [-0.2, 0) is 5.54 Å². The van der Waals surface area contributed by atoms with E-state index < -0.39 is 0 Å². The standard InChI is InChI=1S/C17H26ClN/c1-16(2,3)13-17(11-5-4-6-12-19-17)14-7-9-15(18)10-8-14/h7-10,19H,4-6,11-13H2,1-3H3. The Hall–Kier alpha value is -0.530. The first-order chi connectivity index (χ1) is 8.91. The van der Waals surface area contributed by atoms with E-state index in [-0.39, 0.29) is 5.54 Å². The molecular weight excluding hydrogens is 254 g/mol. The lowest BCUT2D eigenvalue weighted by Gasteiger charge is -2.40. The van der Waals surface area contributed by atoms with Gasteiger partial charge in [-0.25, -0.2) is 0 Å². The van der Waals surface area contributed by atoms with Crippen molar-refractivity contribution in [1.82, 2.24) is 5.32 Å². The Bertz CT molecular complexity index is 394. The summed E-state index contributed by atoms with van der Waals surface area (Å²) in [7, 11) is 0. The summed E-state index contributed by atoms with van der Waals surface area (Å²) >= 11 is 6.04. The average molecular weight is 280 g/mol. The molecule has 0 aromatic heterocycles. The molecule has 1 aromatic carbocycles. The largest absolute Gasteiger partial charge is 0.307 e. The second-order valence-electron chi connectivity index (χ2n) is 7.06. The van der Waals surface area contributed by atoms with Gasteiger partial charge in [0, 0.05) is 10.6 Å². The van der Waals surface area contributed by atoms with Crippen LogP contribution in [0.4, 0.5) is 0 Å². The van der Waals surface area contributed by atoms with Gasteiger partial charge in [-0.3, -0.25) is 0 Å². The number of rotatable bonds is 2. The van der Waals surface area contributed by atoms with E-state index in [4.69, 9.17) is 11.6 Å². The Morgan fingerprint density at radius 1 is 1.11 bits per heavy atom. The molecule has 1 saturated heterocycles. The smallest absolute Gasteiger partial charge is 0.0439 e. The Balaban J connectivity index is 2.34. The van der Waals surface area contributed by atoms with Crippen LogP contribution < -0.4 is 5.32 Å². The van der Waals surface area contributed by atoms with E-state index in [2.05, 4.69) is 38.2 Å². The first-order valence-corrected chi connectivity index (χ1v) is 7.80. The Morgan fingerprint density at radius 2 is 1.79 bits per heavy atom. The van der Waals surface area contributed by atoms with Gasteiger partial charge in [-0.1, -0.05) is 57.3 Å². The predicted octanol–water partition coefficient (Wildman–Crippen LogP) is 5.14. The normalized spacial score (nSPS) is 25.1. The molecule has 1 unspecified atom stereocenters. The van der Waals surface area contributed by atoms with Gasteiger partial charge in [-0.2, -0.15) is 0 Å². The summed E-state index contributed by atoms with van der Waals surface area (Å²) in [4.78, 5) is 0. The highest BCUT2D eigenvalue weighted by Gasteiger charge is 2.36. The molecule has 19 heavy (non-hydrogen) atoms. The minimum absolute atomic E-state index is 0.124. The minimum atomic E-state index is 0.124. The summed E-state index contributed by atoms with van der Waals surface area (Å²) in [6, 6.07) is 8.44. The van der Waals surface area contributed by atoms with Gasteiger partial charge in [-0.15, -0.1) is 0 Å². The van der Waals surface area contributed by atoms with Crippen molar-refractivity contribution in [3.63, 3.8) is 0 Å². The summed E-state index contributed by atoms with van der Waals surface area (Å²) in [5.41, 5.74) is 1.84. The Kier molecular flexibility index (Phi) is 4.58. The summed E-state index contributed by atoms with van der Waals surface area (Å²) < 4.78 is 0. The molecule has 0 aliphatic carbocycles. The molecule has 1 atom stereocenters. The molecule has 1 aromatic rings. The monoisotopic (exact) mass is 279 g/mol. The number of benzene rings is 1. The molecule has 0 saturated carbocycles. The van der Waals surface area contributed by atoms with Gasteiger partial charge in [0.15, 0.2) is 0 Å². The van der Waals surface area contributed by atoms with Gasteiger partial charge in [-0.05, 0) is 48.9 Å². The third-order valence-corrected chi connectivity index (χ3v) is 4.22. The van der Waals surface area contributed by atoms with E-state index in [1.807, 2.05) is 12.1 Å². The molecule has 1 aliphatic rings. The highest BCUT2D eigenvalue weighted by molar-refractivity contribution is 6.30. The fourth-order valence-electron chi connectivity index (χ4n) is 3.32. The van der Waals surface area contributed by atoms with Crippen LogP contribution in [0.25, 0.3) is 0 Å². The third kappa shape index (κ3) is 3.97. The van der Waals surface area contributed by atoms with Gasteiger partial charge in [0.05, 0.1) is 0 Å². The second kappa shape index (κ2) is 5.85. The molecule has 1 aliphatic heterocycles. The van der Waals surface area contributed by atoms with Crippen LogP contribution in [0, 0.1) is 5.41 Å². The van der Waals surface area contributed by atoms with Crippen LogP contribution in [0.5, 0.6) is 0 Å². The molecule has 0 radical (unpaired) electrons. The molecular formula is C17H26ClN. The van der Waals surface area contributed by atoms with Gasteiger partial charge >= 0.3 is 0 Å². The van der Waals surface area contributed by atoms with E-state index in [0.29, 0.717) is 5.41 Å². The number of nitrogens with one attached hydrogen (secondary N) is 1. The quantitative estimate of drug-likeness (QED) is 0.791. The third-order valence-electron chi connectivity index (χ3n) is 3.97. The van der Waals surface area contributed by atoms with Gasteiger partial charge < -0.3 is 5.32 Å². The molecule has 1 nitrogen and oxygen atoms in total. The van der Waals surface area contributed by atoms with Crippen LogP contribution in [0.2, 0.25) is 5.02 Å². The Labute approximate surface area is 122 Å². The average Bonchev–Trinajstić information content (AvgIpc) is 2.54. The van der Waals surface area contributed by atoms with Crippen molar-refractivity contribution < 1.29 is 0 Å². The molecule has 1 fully saturated rings. The van der Waals surface area contributed by atoms with Crippen molar-refractivity contribution in [2.45, 2.75) is 58.4 Å². The number of hydrogen-bond acceptors (Lipinski definition) is 1. The zero-order valence-corrected chi connectivity index (χ0v) is 13.2. The maximum absolute atomic E-state index is 6.04. The van der Waals surface area contributed by atoms with Gasteiger partial charge in [0.25, 0.3) is 0 Å². The highest BCUT2D eigenvalue weighted by Crippen LogP contribution is 2.40. The minimum Gasteiger partial charge on any atom is -0.307 e. The van der Waals surface area contributed by atoms with Crippen LogP contribution in [-0.4, -0.2) is 6.54 Å². The molecule has 2 heteroatoms. The number of hydrogen-bond donors (Lipinski definition) is 1. The first-order valence-electron chi connectivity index (χ1n) is 7.42. The van der Waals surface area contributed by atoms with E-state index in [0.717, 1.165) is 11.6 Å². The Morgan fingerprint density at radius 3 is 2.42 bits per heavy atom. The molecule has 0 amide bonds. The summed E-state index contributed by atoms with van der Waals surface area (Å²) in [5.74, 6) is 0. The van der Waals surface area contributed by atoms with Crippen molar-refractivity contribution >= 4 is 11.6 Å². The van der Waals surface area contributed by atoms with E-state index in [9.17, 15) is 0 Å². The van der Waals surface area contributed by atoms with Crippen molar-refractivity contribution in [2.24, 2.45) is 5.41 Å². The van der Waals surface area contributed by atoms with Gasteiger partial charge in [0.1, 0.15) is 0 Å². The van der Waals surface area contributed by atoms with Crippen molar-refractivity contribution in [2.75, 3.05) is 6.54 Å². The second-order valence-corrected chi connectivity index (χ2v) is 7.50. The zero-order valence-electron chi connectivity index (χ0n) is 12.4.